The Morgan fingerprint density at radius 1 is 0.947 bits per heavy atom. The van der Waals surface area contributed by atoms with Gasteiger partial charge >= 0.3 is 12.1 Å². The van der Waals surface area contributed by atoms with Gasteiger partial charge < -0.3 is 29.6 Å². The van der Waals surface area contributed by atoms with Gasteiger partial charge in [0.25, 0.3) is 0 Å². The molecule has 0 aromatic heterocycles. The van der Waals surface area contributed by atoms with Crippen LogP contribution in [0.3, 0.4) is 0 Å². The number of benzene rings is 1. The van der Waals surface area contributed by atoms with Crippen molar-refractivity contribution in [3.05, 3.63) is 23.8 Å². The van der Waals surface area contributed by atoms with Crippen LogP contribution < -0.4 is 20.1 Å². The largest absolute Gasteiger partial charge is 0.486 e. The maximum absolute atomic E-state index is 13.4. The fraction of sp³-hybridized carbons (Fsp3) is 0.690. The number of carbonyl (C=O) groups excluding carboxylic acids is 3. The number of amides is 2. The van der Waals surface area contributed by atoms with Gasteiger partial charge in [0.2, 0.25) is 5.91 Å². The highest BCUT2D eigenvalue weighted by molar-refractivity contribution is 5.82. The van der Waals surface area contributed by atoms with Crippen LogP contribution in [0.5, 0.6) is 11.5 Å². The molecular formula is C29H46N2O7. The van der Waals surface area contributed by atoms with Crippen molar-refractivity contribution in [1.29, 1.82) is 0 Å². The van der Waals surface area contributed by atoms with E-state index in [9.17, 15) is 14.4 Å². The highest BCUT2D eigenvalue weighted by Crippen LogP contribution is 2.35. The number of carbonyl (C=O) groups is 3. The first kappa shape index (κ1) is 31.2. The first-order valence-corrected chi connectivity index (χ1v) is 13.8. The fourth-order valence-electron chi connectivity index (χ4n) is 4.12. The Labute approximate surface area is 227 Å². The van der Waals surface area contributed by atoms with Crippen LogP contribution >= 0.6 is 0 Å². The molecule has 2 N–H and O–H groups in total. The molecule has 1 heterocycles. The summed E-state index contributed by atoms with van der Waals surface area (Å²) in [5.41, 5.74) is -0.0587. The Bertz CT molecular complexity index is 926. The van der Waals surface area contributed by atoms with Crippen LogP contribution in [0.2, 0.25) is 0 Å². The average Bonchev–Trinajstić information content (AvgIpc) is 2.84. The second kappa shape index (κ2) is 14.8. The molecule has 0 fully saturated rings. The van der Waals surface area contributed by atoms with Crippen molar-refractivity contribution in [1.82, 2.24) is 10.6 Å². The summed E-state index contributed by atoms with van der Waals surface area (Å²) in [5.74, 6) is 0.187. The molecule has 9 heteroatoms. The quantitative estimate of drug-likeness (QED) is 0.255. The Kier molecular flexibility index (Phi) is 12.2. The predicted octanol–water partition coefficient (Wildman–Crippen LogP) is 5.46. The molecule has 2 rings (SSSR count). The van der Waals surface area contributed by atoms with Crippen molar-refractivity contribution in [3.8, 4) is 11.5 Å². The van der Waals surface area contributed by atoms with Gasteiger partial charge in [0.15, 0.2) is 11.5 Å². The minimum Gasteiger partial charge on any atom is -0.486 e. The van der Waals surface area contributed by atoms with Crippen LogP contribution in [0, 0.1) is 5.92 Å². The van der Waals surface area contributed by atoms with Crippen molar-refractivity contribution in [3.63, 3.8) is 0 Å². The minimum atomic E-state index is -0.939. The van der Waals surface area contributed by atoms with Crippen molar-refractivity contribution in [2.75, 3.05) is 13.2 Å². The van der Waals surface area contributed by atoms with Gasteiger partial charge in [0.1, 0.15) is 31.0 Å². The molecule has 0 saturated carbocycles. The monoisotopic (exact) mass is 534 g/mol. The molecule has 0 radical (unpaired) electrons. The molecule has 1 aliphatic rings. The zero-order valence-electron chi connectivity index (χ0n) is 24.1. The fourth-order valence-corrected chi connectivity index (χ4v) is 4.12. The van der Waals surface area contributed by atoms with Crippen LogP contribution in [0.25, 0.3) is 0 Å². The van der Waals surface area contributed by atoms with Gasteiger partial charge in [0, 0.05) is 6.42 Å². The van der Waals surface area contributed by atoms with Gasteiger partial charge in [-0.25, -0.2) is 9.59 Å². The number of rotatable bonds is 13. The van der Waals surface area contributed by atoms with Crippen LogP contribution in [0.1, 0.15) is 98.7 Å². The van der Waals surface area contributed by atoms with Crippen molar-refractivity contribution >= 4 is 18.0 Å². The zero-order chi connectivity index (χ0) is 28.3. The molecule has 2 amide bonds. The van der Waals surface area contributed by atoms with E-state index >= 15 is 0 Å². The summed E-state index contributed by atoms with van der Waals surface area (Å²) < 4.78 is 22.7. The van der Waals surface area contributed by atoms with E-state index in [0.717, 1.165) is 32.1 Å². The summed E-state index contributed by atoms with van der Waals surface area (Å²) in [6.45, 7) is 13.7. The average molecular weight is 535 g/mol. The second-order valence-corrected chi connectivity index (χ2v) is 11.1. The lowest BCUT2D eigenvalue weighted by Gasteiger charge is -2.30. The summed E-state index contributed by atoms with van der Waals surface area (Å²) in [5, 5.41) is 5.63. The third kappa shape index (κ3) is 10.4. The molecule has 0 bridgehead atoms. The van der Waals surface area contributed by atoms with Crippen LogP contribution in [0.4, 0.5) is 4.79 Å². The first-order valence-electron chi connectivity index (χ1n) is 13.8. The van der Waals surface area contributed by atoms with Crippen molar-refractivity contribution in [2.24, 2.45) is 5.92 Å². The highest BCUT2D eigenvalue weighted by Gasteiger charge is 2.33. The lowest BCUT2D eigenvalue weighted by molar-refractivity contribution is -0.155. The molecule has 214 valence electrons. The standard InChI is InChI=1S/C29H46N2O7/c1-8-9-10-11-12-13-24(32)30-20(4)26(21-14-15-22-23(18-21)36-17-16-35-22)37-27(33)25(19(2)3)31-28(34)38-29(5,6)7/h14-15,18-20,25-26H,8-13,16-17H2,1-7H3,(H,30,32)(H,31,34)/t20-,25-,26+/m1/s1. The molecule has 38 heavy (non-hydrogen) atoms. The zero-order valence-corrected chi connectivity index (χ0v) is 24.1. The summed E-state index contributed by atoms with van der Waals surface area (Å²) in [6.07, 6.45) is 4.12. The van der Waals surface area contributed by atoms with E-state index in [1.54, 1.807) is 45.9 Å². The smallest absolute Gasteiger partial charge is 0.408 e. The van der Waals surface area contributed by atoms with Gasteiger partial charge in [0.05, 0.1) is 6.04 Å². The Hall–Kier alpha value is -2.97. The van der Waals surface area contributed by atoms with Gasteiger partial charge in [-0.3, -0.25) is 4.79 Å². The molecule has 0 unspecified atom stereocenters. The number of esters is 1. The highest BCUT2D eigenvalue weighted by atomic mass is 16.6. The molecule has 0 spiro atoms. The summed E-state index contributed by atoms with van der Waals surface area (Å²) in [4.78, 5) is 38.5. The van der Waals surface area contributed by atoms with Gasteiger partial charge in [-0.15, -0.1) is 0 Å². The van der Waals surface area contributed by atoms with Gasteiger partial charge in [-0.1, -0.05) is 52.5 Å². The van der Waals surface area contributed by atoms with Crippen LogP contribution in [-0.4, -0.2) is 48.9 Å². The lowest BCUT2D eigenvalue weighted by atomic mass is 10.0. The van der Waals surface area contributed by atoms with Crippen LogP contribution in [0.15, 0.2) is 18.2 Å². The third-order valence-corrected chi connectivity index (χ3v) is 6.08. The van der Waals surface area contributed by atoms with E-state index in [1.807, 2.05) is 13.8 Å². The molecular weight excluding hydrogens is 488 g/mol. The molecule has 1 aromatic carbocycles. The Morgan fingerprint density at radius 3 is 2.24 bits per heavy atom. The first-order chi connectivity index (χ1) is 17.9. The predicted molar refractivity (Wildman–Crippen MR) is 145 cm³/mol. The van der Waals surface area contributed by atoms with E-state index in [2.05, 4.69) is 17.6 Å². The lowest BCUT2D eigenvalue weighted by Crippen LogP contribution is -2.48. The topological polar surface area (TPSA) is 112 Å². The van der Waals surface area contributed by atoms with Crippen LogP contribution in [-0.2, 0) is 19.1 Å². The van der Waals surface area contributed by atoms with Crippen molar-refractivity contribution in [2.45, 2.75) is 111 Å². The number of fused-ring (bicyclic) bond motifs is 1. The number of nitrogens with one attached hydrogen (secondary N) is 2. The molecule has 0 aliphatic carbocycles. The molecule has 1 aromatic rings. The van der Waals surface area contributed by atoms with E-state index in [-0.39, 0.29) is 11.8 Å². The Balaban J connectivity index is 2.19. The number of unbranched alkanes of at least 4 members (excludes halogenated alkanes) is 4. The molecule has 1 aliphatic heterocycles. The second-order valence-electron chi connectivity index (χ2n) is 11.1. The van der Waals surface area contributed by atoms with E-state index in [4.69, 9.17) is 18.9 Å². The number of hydrogen-bond acceptors (Lipinski definition) is 7. The van der Waals surface area contributed by atoms with Gasteiger partial charge in [-0.05, 0) is 57.7 Å². The summed E-state index contributed by atoms with van der Waals surface area (Å²) in [7, 11) is 0. The number of alkyl carbamates (subject to hydrolysis) is 1. The van der Waals surface area contributed by atoms with Crippen molar-refractivity contribution < 1.29 is 33.3 Å². The van der Waals surface area contributed by atoms with E-state index < -0.39 is 35.9 Å². The molecule has 0 saturated heterocycles. The Morgan fingerprint density at radius 2 is 1.61 bits per heavy atom. The maximum atomic E-state index is 13.4. The number of hydrogen-bond donors (Lipinski definition) is 2. The minimum absolute atomic E-state index is 0.0973. The summed E-state index contributed by atoms with van der Waals surface area (Å²) in [6, 6.07) is 3.87. The number of ether oxygens (including phenoxy) is 4. The maximum Gasteiger partial charge on any atom is 0.408 e. The third-order valence-electron chi connectivity index (χ3n) is 6.08. The normalized spacial score (nSPS) is 15.3. The van der Waals surface area contributed by atoms with E-state index in [0.29, 0.717) is 36.7 Å². The SMILES string of the molecule is CCCCCCCC(=O)N[C@H](C)[C@H](OC(=O)[C@H](NC(=O)OC(C)(C)C)C(C)C)c1ccc2c(c1)OCCO2. The van der Waals surface area contributed by atoms with Gasteiger partial charge in [-0.2, -0.15) is 0 Å². The summed E-state index contributed by atoms with van der Waals surface area (Å²) >= 11 is 0. The molecule has 9 nitrogen and oxygen atoms in total. The van der Waals surface area contributed by atoms with E-state index in [1.165, 1.54) is 0 Å². The molecule has 3 atom stereocenters.